The molecule has 134 valence electrons. The van der Waals surface area contributed by atoms with E-state index in [-0.39, 0.29) is 23.1 Å². The molecule has 2 rings (SSSR count). The van der Waals surface area contributed by atoms with Crippen LogP contribution in [0, 0.1) is 5.92 Å². The lowest BCUT2D eigenvalue weighted by Gasteiger charge is -2.21. The van der Waals surface area contributed by atoms with Crippen LogP contribution in [0.15, 0.2) is 47.3 Å². The zero-order valence-corrected chi connectivity index (χ0v) is 14.9. The van der Waals surface area contributed by atoms with E-state index >= 15 is 0 Å². The van der Waals surface area contributed by atoms with Crippen LogP contribution in [0.5, 0.6) is 0 Å². The summed E-state index contributed by atoms with van der Waals surface area (Å²) in [6.45, 7) is 5.45. The Labute approximate surface area is 147 Å². The van der Waals surface area contributed by atoms with Crippen LogP contribution >= 0.6 is 0 Å². The van der Waals surface area contributed by atoms with Crippen molar-refractivity contribution in [1.29, 1.82) is 0 Å². The fraction of sp³-hybridized carbons (Fsp3) is 0.421. The first-order valence-corrected chi connectivity index (χ1v) is 8.43. The Morgan fingerprint density at radius 3 is 2.56 bits per heavy atom. The van der Waals surface area contributed by atoms with Crippen molar-refractivity contribution in [3.8, 4) is 0 Å². The second-order valence-corrected chi connectivity index (χ2v) is 6.24. The fourth-order valence-corrected chi connectivity index (χ4v) is 2.64. The van der Waals surface area contributed by atoms with Crippen molar-refractivity contribution < 1.29 is 9.53 Å². The molecule has 25 heavy (non-hydrogen) atoms. The molecule has 0 aliphatic carbocycles. The van der Waals surface area contributed by atoms with Gasteiger partial charge in [0, 0.05) is 25.6 Å². The summed E-state index contributed by atoms with van der Waals surface area (Å²) in [6, 6.07) is 12.9. The Bertz CT molecular complexity index is 741. The van der Waals surface area contributed by atoms with Gasteiger partial charge in [0.15, 0.2) is 0 Å². The minimum atomic E-state index is -0.284. The predicted octanol–water partition coefficient (Wildman–Crippen LogP) is 2.06. The number of benzene rings is 1. The van der Waals surface area contributed by atoms with E-state index in [0.717, 1.165) is 0 Å². The second-order valence-electron chi connectivity index (χ2n) is 6.24. The van der Waals surface area contributed by atoms with Gasteiger partial charge in [-0.05, 0) is 17.5 Å². The molecule has 0 fully saturated rings. The minimum absolute atomic E-state index is 0.213. The molecule has 1 heterocycles. The molecule has 0 radical (unpaired) electrons. The summed E-state index contributed by atoms with van der Waals surface area (Å²) in [6.07, 6.45) is 0. The smallest absolute Gasteiger partial charge is 0.271 e. The van der Waals surface area contributed by atoms with Gasteiger partial charge >= 0.3 is 0 Å². The third-order valence-electron chi connectivity index (χ3n) is 4.12. The first-order valence-electron chi connectivity index (χ1n) is 8.43. The van der Waals surface area contributed by atoms with E-state index in [1.807, 2.05) is 18.2 Å². The lowest BCUT2D eigenvalue weighted by atomic mass is 9.88. The highest BCUT2D eigenvalue weighted by molar-refractivity contribution is 5.92. The van der Waals surface area contributed by atoms with E-state index in [2.05, 4.69) is 36.4 Å². The molecule has 1 atom stereocenters. The van der Waals surface area contributed by atoms with Crippen LogP contribution in [-0.2, 0) is 11.3 Å². The molecule has 1 amide bonds. The molecule has 1 aromatic heterocycles. The van der Waals surface area contributed by atoms with Gasteiger partial charge in [-0.15, -0.1) is 0 Å². The van der Waals surface area contributed by atoms with Crippen LogP contribution in [-0.4, -0.2) is 35.9 Å². The summed E-state index contributed by atoms with van der Waals surface area (Å²) in [5.41, 5.74) is 1.17. The third kappa shape index (κ3) is 5.26. The van der Waals surface area contributed by atoms with Crippen LogP contribution in [0.2, 0.25) is 0 Å². The van der Waals surface area contributed by atoms with Gasteiger partial charge in [0.2, 0.25) is 0 Å². The Hall–Kier alpha value is -2.47. The molecule has 1 N–H and O–H groups in total. The molecule has 0 bridgehead atoms. The maximum Gasteiger partial charge on any atom is 0.271 e. The van der Waals surface area contributed by atoms with E-state index < -0.39 is 0 Å². The molecule has 0 saturated carbocycles. The third-order valence-corrected chi connectivity index (χ3v) is 4.12. The summed E-state index contributed by atoms with van der Waals surface area (Å²) < 4.78 is 6.20. The number of ether oxygens (including phenoxy) is 1. The van der Waals surface area contributed by atoms with Crippen molar-refractivity contribution >= 4 is 5.91 Å². The van der Waals surface area contributed by atoms with Crippen molar-refractivity contribution in [1.82, 2.24) is 15.1 Å². The van der Waals surface area contributed by atoms with Crippen molar-refractivity contribution in [2.45, 2.75) is 26.3 Å². The van der Waals surface area contributed by atoms with Crippen molar-refractivity contribution in [3.05, 3.63) is 64.1 Å². The molecule has 1 unspecified atom stereocenters. The number of hydrogen-bond donors (Lipinski definition) is 1. The molecule has 6 heteroatoms. The van der Waals surface area contributed by atoms with E-state index in [4.69, 9.17) is 4.74 Å². The molecule has 2 aromatic rings. The van der Waals surface area contributed by atoms with Crippen LogP contribution in [0.25, 0.3) is 0 Å². The number of aromatic nitrogens is 2. The Morgan fingerprint density at radius 2 is 1.92 bits per heavy atom. The highest BCUT2D eigenvalue weighted by atomic mass is 16.5. The normalized spacial score (nSPS) is 12.2. The van der Waals surface area contributed by atoms with Gasteiger partial charge in [-0.25, -0.2) is 4.68 Å². The van der Waals surface area contributed by atoms with Crippen LogP contribution < -0.4 is 10.9 Å². The van der Waals surface area contributed by atoms with Crippen LogP contribution in [0.3, 0.4) is 0 Å². The van der Waals surface area contributed by atoms with Gasteiger partial charge in [-0.3, -0.25) is 9.59 Å². The SMILES string of the molecule is COCCn1nc(C(=O)NCC(c2ccccc2)C(C)C)ccc1=O. The largest absolute Gasteiger partial charge is 0.383 e. The van der Waals surface area contributed by atoms with Crippen molar-refractivity contribution in [3.63, 3.8) is 0 Å². The highest BCUT2D eigenvalue weighted by Crippen LogP contribution is 2.23. The minimum Gasteiger partial charge on any atom is -0.383 e. The number of rotatable bonds is 8. The van der Waals surface area contributed by atoms with Gasteiger partial charge in [0.05, 0.1) is 13.2 Å². The van der Waals surface area contributed by atoms with Crippen LogP contribution in [0.1, 0.15) is 35.8 Å². The second kappa shape index (κ2) is 9.13. The van der Waals surface area contributed by atoms with E-state index in [1.165, 1.54) is 22.4 Å². The predicted molar refractivity (Wildman–Crippen MR) is 96.7 cm³/mol. The molecule has 6 nitrogen and oxygen atoms in total. The van der Waals surface area contributed by atoms with Gasteiger partial charge in [-0.1, -0.05) is 44.2 Å². The number of carbonyl (C=O) groups is 1. The first-order chi connectivity index (χ1) is 12.0. The zero-order valence-electron chi connectivity index (χ0n) is 14.9. The van der Waals surface area contributed by atoms with E-state index in [9.17, 15) is 9.59 Å². The van der Waals surface area contributed by atoms with Crippen LogP contribution in [0.4, 0.5) is 0 Å². The zero-order chi connectivity index (χ0) is 18.2. The summed E-state index contributed by atoms with van der Waals surface area (Å²) in [4.78, 5) is 24.2. The highest BCUT2D eigenvalue weighted by Gasteiger charge is 2.18. The van der Waals surface area contributed by atoms with E-state index in [1.54, 1.807) is 7.11 Å². The molecular formula is C19H25N3O3. The Morgan fingerprint density at radius 1 is 1.20 bits per heavy atom. The van der Waals surface area contributed by atoms with Gasteiger partial charge < -0.3 is 10.1 Å². The number of nitrogens with zero attached hydrogens (tertiary/aromatic N) is 2. The number of methoxy groups -OCH3 is 1. The number of nitrogens with one attached hydrogen (secondary N) is 1. The lowest BCUT2D eigenvalue weighted by molar-refractivity contribution is 0.0940. The summed E-state index contributed by atoms with van der Waals surface area (Å²) >= 11 is 0. The Kier molecular flexibility index (Phi) is 6.89. The standard InChI is InChI=1S/C19H25N3O3/c1-14(2)16(15-7-5-4-6-8-15)13-20-19(24)17-9-10-18(23)22(21-17)11-12-25-3/h4-10,14,16H,11-13H2,1-3H3,(H,20,24). The number of amides is 1. The molecule has 0 aliphatic rings. The summed E-state index contributed by atoms with van der Waals surface area (Å²) in [5.74, 6) is 0.309. The number of carbonyl (C=O) groups excluding carboxylic acids is 1. The van der Waals surface area contributed by atoms with Gasteiger partial charge in [0.1, 0.15) is 5.69 Å². The van der Waals surface area contributed by atoms with Crippen molar-refractivity contribution in [2.24, 2.45) is 5.92 Å². The first kappa shape index (κ1) is 18.9. The molecule has 1 aromatic carbocycles. The summed E-state index contributed by atoms with van der Waals surface area (Å²) in [5, 5.41) is 7.05. The quantitative estimate of drug-likeness (QED) is 0.796. The Balaban J connectivity index is 2.07. The number of hydrogen-bond acceptors (Lipinski definition) is 4. The van der Waals surface area contributed by atoms with Gasteiger partial charge in [0.25, 0.3) is 11.5 Å². The fourth-order valence-electron chi connectivity index (χ4n) is 2.64. The lowest BCUT2D eigenvalue weighted by Crippen LogP contribution is -2.33. The molecule has 0 spiro atoms. The molecular weight excluding hydrogens is 318 g/mol. The van der Waals surface area contributed by atoms with Crippen molar-refractivity contribution in [2.75, 3.05) is 20.3 Å². The average Bonchev–Trinajstić information content (AvgIpc) is 2.61. The van der Waals surface area contributed by atoms with E-state index in [0.29, 0.717) is 25.6 Å². The topological polar surface area (TPSA) is 73.2 Å². The summed E-state index contributed by atoms with van der Waals surface area (Å²) in [7, 11) is 1.55. The van der Waals surface area contributed by atoms with Gasteiger partial charge in [-0.2, -0.15) is 5.10 Å². The monoisotopic (exact) mass is 343 g/mol. The molecule has 0 aliphatic heterocycles. The maximum absolute atomic E-state index is 12.4. The maximum atomic E-state index is 12.4. The average molecular weight is 343 g/mol. The molecule has 0 saturated heterocycles.